The van der Waals surface area contributed by atoms with Crippen molar-refractivity contribution in [2.75, 3.05) is 33.4 Å². The molecule has 0 aromatic rings. The van der Waals surface area contributed by atoms with Gasteiger partial charge in [0.1, 0.15) is 6.42 Å². The summed E-state index contributed by atoms with van der Waals surface area (Å²) >= 11 is 0. The molecule has 1 rings (SSSR count). The molecule has 21 heavy (non-hydrogen) atoms. The molecule has 0 radical (unpaired) electrons. The van der Waals surface area contributed by atoms with Crippen molar-refractivity contribution in [1.82, 2.24) is 10.2 Å². The highest BCUT2D eigenvalue weighted by atomic mass is 16.5. The first-order valence-corrected chi connectivity index (χ1v) is 8.08. The molecule has 1 N–H and O–H groups in total. The topological polar surface area (TPSA) is 58.6 Å². The molecule has 124 valence electrons. The van der Waals surface area contributed by atoms with Crippen molar-refractivity contribution in [2.24, 2.45) is 5.92 Å². The van der Waals surface area contributed by atoms with Crippen LogP contribution in [0.5, 0.6) is 0 Å². The van der Waals surface area contributed by atoms with E-state index in [4.69, 9.17) is 4.74 Å². The maximum absolute atomic E-state index is 11.8. The summed E-state index contributed by atoms with van der Waals surface area (Å²) in [5.74, 6) is 0.456. The SMILES string of the molecule is CCC.COCCCNC(=O)CC(=O)N1CCC(C)CC1. The first kappa shape index (κ1) is 19.9. The van der Waals surface area contributed by atoms with Gasteiger partial charge in [0.2, 0.25) is 11.8 Å². The van der Waals surface area contributed by atoms with Crippen LogP contribution >= 0.6 is 0 Å². The molecule has 0 aliphatic carbocycles. The molecule has 1 saturated heterocycles. The molecule has 0 bridgehead atoms. The first-order chi connectivity index (χ1) is 10.0. The fourth-order valence-electron chi connectivity index (χ4n) is 2.01. The summed E-state index contributed by atoms with van der Waals surface area (Å²) < 4.78 is 4.88. The van der Waals surface area contributed by atoms with E-state index in [1.54, 1.807) is 12.0 Å². The normalized spacial score (nSPS) is 15.1. The summed E-state index contributed by atoms with van der Waals surface area (Å²) in [6.07, 6.45) is 4.08. The lowest BCUT2D eigenvalue weighted by atomic mass is 9.99. The van der Waals surface area contributed by atoms with E-state index < -0.39 is 0 Å². The van der Waals surface area contributed by atoms with Crippen LogP contribution in [0.1, 0.15) is 52.9 Å². The zero-order valence-corrected chi connectivity index (χ0v) is 14.1. The summed E-state index contributed by atoms with van der Waals surface area (Å²) in [5, 5.41) is 2.73. The Morgan fingerprint density at radius 1 is 1.24 bits per heavy atom. The van der Waals surface area contributed by atoms with Crippen molar-refractivity contribution in [2.45, 2.75) is 52.9 Å². The number of methoxy groups -OCH3 is 1. The molecular weight excluding hydrogens is 268 g/mol. The summed E-state index contributed by atoms with van der Waals surface area (Å²) in [5.41, 5.74) is 0. The third-order valence-corrected chi connectivity index (χ3v) is 3.30. The van der Waals surface area contributed by atoms with Crippen LogP contribution in [0, 0.1) is 5.92 Å². The van der Waals surface area contributed by atoms with E-state index >= 15 is 0 Å². The van der Waals surface area contributed by atoms with Gasteiger partial charge in [-0.15, -0.1) is 0 Å². The molecule has 0 unspecified atom stereocenters. The monoisotopic (exact) mass is 300 g/mol. The standard InChI is InChI=1S/C13H24N2O3.C3H8/c1-11-4-7-15(8-5-11)13(17)10-12(16)14-6-3-9-18-2;1-3-2/h11H,3-10H2,1-2H3,(H,14,16);3H2,1-2H3. The van der Waals surface area contributed by atoms with Crippen molar-refractivity contribution in [3.8, 4) is 0 Å². The van der Waals surface area contributed by atoms with Gasteiger partial charge in [0.05, 0.1) is 0 Å². The number of likely N-dealkylation sites (tertiary alicyclic amines) is 1. The van der Waals surface area contributed by atoms with Crippen molar-refractivity contribution >= 4 is 11.8 Å². The number of ether oxygens (including phenoxy) is 1. The van der Waals surface area contributed by atoms with E-state index in [2.05, 4.69) is 26.1 Å². The van der Waals surface area contributed by atoms with Gasteiger partial charge in [-0.3, -0.25) is 9.59 Å². The minimum absolute atomic E-state index is 0.0264. The average Bonchev–Trinajstić information content (AvgIpc) is 2.45. The van der Waals surface area contributed by atoms with Crippen molar-refractivity contribution < 1.29 is 14.3 Å². The van der Waals surface area contributed by atoms with E-state index in [0.29, 0.717) is 19.1 Å². The molecule has 0 aromatic carbocycles. The molecule has 0 saturated carbocycles. The Kier molecular flexibility index (Phi) is 12.0. The van der Waals surface area contributed by atoms with Crippen LogP contribution in [0.25, 0.3) is 0 Å². The number of carbonyl (C=O) groups is 2. The molecule has 2 amide bonds. The van der Waals surface area contributed by atoms with Gasteiger partial charge >= 0.3 is 0 Å². The summed E-state index contributed by atoms with van der Waals surface area (Å²) in [7, 11) is 1.63. The van der Waals surface area contributed by atoms with Gasteiger partial charge in [-0.2, -0.15) is 0 Å². The molecule has 1 fully saturated rings. The first-order valence-electron chi connectivity index (χ1n) is 8.08. The van der Waals surface area contributed by atoms with E-state index in [1.165, 1.54) is 6.42 Å². The predicted molar refractivity (Wildman–Crippen MR) is 85.1 cm³/mol. The highest BCUT2D eigenvalue weighted by Crippen LogP contribution is 2.16. The van der Waals surface area contributed by atoms with Crippen molar-refractivity contribution in [1.29, 1.82) is 0 Å². The van der Waals surface area contributed by atoms with E-state index in [1.807, 2.05) is 0 Å². The fraction of sp³-hybridized carbons (Fsp3) is 0.875. The van der Waals surface area contributed by atoms with Gasteiger partial charge in [0.25, 0.3) is 0 Å². The minimum Gasteiger partial charge on any atom is -0.385 e. The molecule has 1 aliphatic rings. The van der Waals surface area contributed by atoms with Crippen molar-refractivity contribution in [3.05, 3.63) is 0 Å². The molecule has 0 spiro atoms. The van der Waals surface area contributed by atoms with Gasteiger partial charge in [0, 0.05) is 33.4 Å². The second kappa shape index (κ2) is 12.6. The Bertz CT molecular complexity index is 287. The van der Waals surface area contributed by atoms with Gasteiger partial charge in [-0.1, -0.05) is 27.2 Å². The van der Waals surface area contributed by atoms with E-state index in [0.717, 1.165) is 32.4 Å². The van der Waals surface area contributed by atoms with Crippen LogP contribution in [0.3, 0.4) is 0 Å². The van der Waals surface area contributed by atoms with Crippen LogP contribution in [-0.4, -0.2) is 50.1 Å². The molecule has 5 nitrogen and oxygen atoms in total. The number of hydrogen-bond donors (Lipinski definition) is 1. The fourth-order valence-corrected chi connectivity index (χ4v) is 2.01. The number of nitrogens with one attached hydrogen (secondary N) is 1. The molecule has 1 aliphatic heterocycles. The van der Waals surface area contributed by atoms with Gasteiger partial charge in [0.15, 0.2) is 0 Å². The quantitative estimate of drug-likeness (QED) is 0.604. The van der Waals surface area contributed by atoms with Gasteiger partial charge < -0.3 is 15.0 Å². The minimum atomic E-state index is -0.185. The Labute approximate surface area is 129 Å². The highest BCUT2D eigenvalue weighted by molar-refractivity contribution is 5.96. The number of piperidine rings is 1. The number of rotatable bonds is 6. The lowest BCUT2D eigenvalue weighted by molar-refractivity contribution is -0.137. The lowest BCUT2D eigenvalue weighted by Gasteiger charge is -2.30. The van der Waals surface area contributed by atoms with Crippen molar-refractivity contribution in [3.63, 3.8) is 0 Å². The zero-order valence-electron chi connectivity index (χ0n) is 14.1. The molecule has 0 aromatic heterocycles. The maximum atomic E-state index is 11.8. The Morgan fingerprint density at radius 2 is 1.81 bits per heavy atom. The Hall–Kier alpha value is -1.10. The second-order valence-corrected chi connectivity index (χ2v) is 5.64. The third-order valence-electron chi connectivity index (χ3n) is 3.30. The molecule has 1 heterocycles. The van der Waals surface area contributed by atoms with Crippen LogP contribution in [0.4, 0.5) is 0 Å². The second-order valence-electron chi connectivity index (χ2n) is 5.64. The predicted octanol–water partition coefficient (Wildman–Crippen LogP) is 2.20. The smallest absolute Gasteiger partial charge is 0.232 e. The number of hydrogen-bond acceptors (Lipinski definition) is 3. The number of carbonyl (C=O) groups excluding carboxylic acids is 2. The summed E-state index contributed by atoms with van der Waals surface area (Å²) in [6.45, 7) is 9.22. The average molecular weight is 300 g/mol. The van der Waals surface area contributed by atoms with Gasteiger partial charge in [-0.05, 0) is 25.2 Å². The number of amides is 2. The van der Waals surface area contributed by atoms with Gasteiger partial charge in [-0.25, -0.2) is 0 Å². The summed E-state index contributed by atoms with van der Waals surface area (Å²) in [4.78, 5) is 25.2. The van der Waals surface area contributed by atoms with E-state index in [9.17, 15) is 9.59 Å². The molecule has 0 atom stereocenters. The Morgan fingerprint density at radius 3 is 2.33 bits per heavy atom. The largest absolute Gasteiger partial charge is 0.385 e. The lowest BCUT2D eigenvalue weighted by Crippen LogP contribution is -2.40. The van der Waals surface area contributed by atoms with Crippen LogP contribution in [-0.2, 0) is 14.3 Å². The number of nitrogens with zero attached hydrogens (tertiary/aromatic N) is 1. The van der Waals surface area contributed by atoms with Crippen LogP contribution in [0.2, 0.25) is 0 Å². The zero-order chi connectivity index (χ0) is 16.1. The molecule has 5 heteroatoms. The molecular formula is C16H32N2O3. The third kappa shape index (κ3) is 10.3. The maximum Gasteiger partial charge on any atom is 0.232 e. The highest BCUT2D eigenvalue weighted by Gasteiger charge is 2.21. The summed E-state index contributed by atoms with van der Waals surface area (Å²) in [6, 6.07) is 0. The van der Waals surface area contributed by atoms with Crippen LogP contribution < -0.4 is 5.32 Å². The Balaban J connectivity index is 0.00000122. The van der Waals surface area contributed by atoms with E-state index in [-0.39, 0.29) is 18.2 Å². The van der Waals surface area contributed by atoms with Crippen LogP contribution in [0.15, 0.2) is 0 Å².